The molecular formula is C19H22N4OS2. The maximum absolute atomic E-state index is 12.2. The Bertz CT molecular complexity index is 747. The molecule has 0 bridgehead atoms. The van der Waals surface area contributed by atoms with Crippen molar-refractivity contribution in [2.75, 3.05) is 18.8 Å². The van der Waals surface area contributed by atoms with Gasteiger partial charge in [-0.2, -0.15) is 5.10 Å². The van der Waals surface area contributed by atoms with Crippen LogP contribution in [0.3, 0.4) is 0 Å². The summed E-state index contributed by atoms with van der Waals surface area (Å²) in [4.78, 5) is 18.3. The molecule has 1 heterocycles. The quantitative estimate of drug-likeness (QED) is 0.448. The number of hydrazone groups is 1. The number of carbonyl (C=O) groups excluding carboxylic acids is 1. The average Bonchev–Trinajstić information content (AvgIpc) is 2.70. The molecule has 0 spiro atoms. The van der Waals surface area contributed by atoms with Gasteiger partial charge < -0.3 is 4.90 Å². The molecular weight excluding hydrogens is 364 g/mol. The van der Waals surface area contributed by atoms with Crippen LogP contribution >= 0.6 is 24.0 Å². The summed E-state index contributed by atoms with van der Waals surface area (Å²) in [6.45, 7) is 5.91. The molecule has 0 radical (unpaired) electrons. The van der Waals surface area contributed by atoms with Crippen LogP contribution in [0.4, 0.5) is 0 Å². The SMILES string of the molecule is CCN(CC)C(=S)SCC(=NNC(=O)c1cccnc1)c1ccccc1. The Kier molecular flexibility index (Phi) is 8.24. The van der Waals surface area contributed by atoms with Crippen LogP contribution in [0.1, 0.15) is 29.8 Å². The van der Waals surface area contributed by atoms with Gasteiger partial charge in [-0.1, -0.05) is 54.3 Å². The van der Waals surface area contributed by atoms with Gasteiger partial charge in [0.05, 0.1) is 11.3 Å². The van der Waals surface area contributed by atoms with E-state index in [4.69, 9.17) is 12.2 Å². The van der Waals surface area contributed by atoms with Gasteiger partial charge in [0.1, 0.15) is 4.32 Å². The third-order valence-corrected chi connectivity index (χ3v) is 5.21. The Morgan fingerprint density at radius 3 is 2.46 bits per heavy atom. The number of amides is 1. The lowest BCUT2D eigenvalue weighted by Gasteiger charge is -2.21. The standard InChI is InChI=1S/C19H22N4OS2/c1-3-23(4-2)19(25)26-14-17(15-9-6-5-7-10-15)21-22-18(24)16-11-8-12-20-13-16/h5-13H,3-4,14H2,1-2H3,(H,22,24). The van der Waals surface area contributed by atoms with Gasteiger partial charge in [-0.15, -0.1) is 0 Å². The summed E-state index contributed by atoms with van der Waals surface area (Å²) < 4.78 is 0.831. The molecule has 1 aromatic carbocycles. The molecule has 0 fully saturated rings. The Labute approximate surface area is 163 Å². The molecule has 1 amide bonds. The summed E-state index contributed by atoms with van der Waals surface area (Å²) >= 11 is 7.04. The summed E-state index contributed by atoms with van der Waals surface area (Å²) in [5.41, 5.74) is 4.80. The minimum absolute atomic E-state index is 0.289. The number of hydrogen-bond donors (Lipinski definition) is 1. The summed E-state index contributed by atoms with van der Waals surface area (Å²) in [5.74, 6) is 0.287. The van der Waals surface area contributed by atoms with Gasteiger partial charge in [-0.05, 0) is 31.5 Å². The predicted molar refractivity (Wildman–Crippen MR) is 113 cm³/mol. The van der Waals surface area contributed by atoms with E-state index in [1.54, 1.807) is 30.1 Å². The molecule has 2 rings (SSSR count). The highest BCUT2D eigenvalue weighted by Crippen LogP contribution is 2.13. The monoisotopic (exact) mass is 386 g/mol. The van der Waals surface area contributed by atoms with Crippen molar-refractivity contribution in [1.82, 2.24) is 15.3 Å². The first kappa shape index (κ1) is 20.1. The maximum atomic E-state index is 12.2. The van der Waals surface area contributed by atoms with Crippen LogP contribution in [-0.4, -0.2) is 44.7 Å². The van der Waals surface area contributed by atoms with Gasteiger partial charge in [0.15, 0.2) is 0 Å². The molecule has 1 aromatic heterocycles. The summed E-state index contributed by atoms with van der Waals surface area (Å²) in [6.07, 6.45) is 3.14. The Morgan fingerprint density at radius 2 is 1.85 bits per heavy atom. The molecule has 2 aromatic rings. The molecule has 26 heavy (non-hydrogen) atoms. The van der Waals surface area contributed by atoms with Crippen LogP contribution in [0.25, 0.3) is 0 Å². The first-order chi connectivity index (χ1) is 12.7. The van der Waals surface area contributed by atoms with Crippen molar-refractivity contribution in [3.05, 3.63) is 66.0 Å². The van der Waals surface area contributed by atoms with E-state index in [0.717, 1.165) is 28.7 Å². The normalized spacial score (nSPS) is 11.1. The van der Waals surface area contributed by atoms with Crippen LogP contribution in [0.15, 0.2) is 60.0 Å². The van der Waals surface area contributed by atoms with Gasteiger partial charge in [-0.3, -0.25) is 9.78 Å². The largest absolute Gasteiger partial charge is 0.358 e. The maximum Gasteiger partial charge on any atom is 0.272 e. The molecule has 0 saturated carbocycles. The fourth-order valence-corrected chi connectivity index (χ4v) is 3.56. The average molecular weight is 387 g/mol. The molecule has 5 nitrogen and oxygen atoms in total. The van der Waals surface area contributed by atoms with Gasteiger partial charge in [-0.25, -0.2) is 5.43 Å². The number of pyridine rings is 1. The summed E-state index contributed by atoms with van der Waals surface area (Å²) in [7, 11) is 0. The van der Waals surface area contributed by atoms with Gasteiger partial charge in [0, 0.05) is 31.2 Å². The number of hydrogen-bond acceptors (Lipinski definition) is 5. The Hall–Kier alpha value is -2.25. The fourth-order valence-electron chi connectivity index (χ4n) is 2.19. The lowest BCUT2D eigenvalue weighted by atomic mass is 10.1. The van der Waals surface area contributed by atoms with E-state index < -0.39 is 0 Å². The molecule has 0 unspecified atom stereocenters. The van der Waals surface area contributed by atoms with Crippen molar-refractivity contribution in [1.29, 1.82) is 0 Å². The molecule has 0 aliphatic carbocycles. The van der Waals surface area contributed by atoms with Crippen LogP contribution in [0, 0.1) is 0 Å². The molecule has 0 saturated heterocycles. The molecule has 1 N–H and O–H groups in total. The lowest BCUT2D eigenvalue weighted by molar-refractivity contribution is 0.0954. The van der Waals surface area contributed by atoms with Gasteiger partial charge in [0.2, 0.25) is 0 Å². The zero-order valence-corrected chi connectivity index (χ0v) is 16.5. The highest BCUT2D eigenvalue weighted by atomic mass is 32.2. The van der Waals surface area contributed by atoms with Crippen molar-refractivity contribution in [2.45, 2.75) is 13.8 Å². The predicted octanol–water partition coefficient (Wildman–Crippen LogP) is 3.58. The van der Waals surface area contributed by atoms with E-state index >= 15 is 0 Å². The molecule has 7 heteroatoms. The van der Waals surface area contributed by atoms with E-state index in [2.05, 4.69) is 34.3 Å². The molecule has 136 valence electrons. The number of nitrogens with one attached hydrogen (secondary N) is 1. The second-order valence-corrected chi connectivity index (χ2v) is 6.94. The Balaban J connectivity index is 2.11. The van der Waals surface area contributed by atoms with Crippen molar-refractivity contribution in [2.24, 2.45) is 5.10 Å². The van der Waals surface area contributed by atoms with Crippen LogP contribution in [0.2, 0.25) is 0 Å². The smallest absolute Gasteiger partial charge is 0.272 e. The fraction of sp³-hybridized carbons (Fsp3) is 0.263. The molecule has 0 atom stereocenters. The van der Waals surface area contributed by atoms with E-state index in [1.807, 2.05) is 30.3 Å². The zero-order valence-electron chi connectivity index (χ0n) is 14.9. The molecule has 0 aliphatic heterocycles. The summed E-state index contributed by atoms with van der Waals surface area (Å²) in [5, 5.41) is 4.34. The second kappa shape index (κ2) is 10.7. The highest BCUT2D eigenvalue weighted by Gasteiger charge is 2.11. The minimum atomic E-state index is -0.289. The zero-order chi connectivity index (χ0) is 18.8. The van der Waals surface area contributed by atoms with Crippen molar-refractivity contribution >= 4 is 39.9 Å². The van der Waals surface area contributed by atoms with Crippen molar-refractivity contribution in [3.8, 4) is 0 Å². The lowest BCUT2D eigenvalue weighted by Crippen LogP contribution is -2.28. The summed E-state index contributed by atoms with van der Waals surface area (Å²) in [6, 6.07) is 13.2. The van der Waals surface area contributed by atoms with Crippen LogP contribution in [0.5, 0.6) is 0 Å². The van der Waals surface area contributed by atoms with Crippen LogP contribution in [-0.2, 0) is 0 Å². The third-order valence-electron chi connectivity index (χ3n) is 3.68. The van der Waals surface area contributed by atoms with Gasteiger partial charge >= 0.3 is 0 Å². The van der Waals surface area contributed by atoms with E-state index in [1.165, 1.54) is 6.20 Å². The van der Waals surface area contributed by atoms with E-state index in [-0.39, 0.29) is 5.91 Å². The van der Waals surface area contributed by atoms with Crippen LogP contribution < -0.4 is 5.43 Å². The minimum Gasteiger partial charge on any atom is -0.358 e. The topological polar surface area (TPSA) is 57.6 Å². The number of benzene rings is 1. The first-order valence-electron chi connectivity index (χ1n) is 8.39. The van der Waals surface area contributed by atoms with E-state index in [0.29, 0.717) is 11.3 Å². The number of aromatic nitrogens is 1. The van der Waals surface area contributed by atoms with Crippen molar-refractivity contribution in [3.63, 3.8) is 0 Å². The van der Waals surface area contributed by atoms with Crippen molar-refractivity contribution < 1.29 is 4.79 Å². The first-order valence-corrected chi connectivity index (χ1v) is 9.79. The number of thiocarbonyl (C=S) groups is 1. The number of carbonyl (C=O) groups is 1. The molecule has 0 aliphatic rings. The number of thioether (sulfide) groups is 1. The highest BCUT2D eigenvalue weighted by molar-refractivity contribution is 8.23. The Morgan fingerprint density at radius 1 is 1.15 bits per heavy atom. The number of rotatable bonds is 7. The second-order valence-electron chi connectivity index (χ2n) is 5.33. The van der Waals surface area contributed by atoms with Gasteiger partial charge in [0.25, 0.3) is 5.91 Å². The third kappa shape index (κ3) is 5.93. The van der Waals surface area contributed by atoms with E-state index in [9.17, 15) is 4.79 Å². The number of nitrogens with zero attached hydrogens (tertiary/aromatic N) is 3.